The Morgan fingerprint density at radius 2 is 2.08 bits per heavy atom. The highest BCUT2D eigenvalue weighted by molar-refractivity contribution is 7.89. The molecule has 1 aliphatic rings. The van der Waals surface area contributed by atoms with Crippen LogP contribution in [-0.2, 0) is 16.8 Å². The van der Waals surface area contributed by atoms with Gasteiger partial charge in [-0.15, -0.1) is 8.80 Å². The number of ether oxygens (including phenoxy) is 1. The van der Waals surface area contributed by atoms with Crippen molar-refractivity contribution >= 4 is 22.1 Å². The monoisotopic (exact) mass is 368 g/mol. The summed E-state index contributed by atoms with van der Waals surface area (Å²) in [5.41, 5.74) is 6.73. The minimum atomic E-state index is -3.90. The summed E-state index contributed by atoms with van der Waals surface area (Å²) in [4.78, 5) is 3.47. The summed E-state index contributed by atoms with van der Waals surface area (Å²) in [6.07, 6.45) is 0.669. The fourth-order valence-corrected chi connectivity index (χ4v) is 3.00. The predicted octanol–water partition coefficient (Wildman–Crippen LogP) is -0.0324. The van der Waals surface area contributed by atoms with Crippen molar-refractivity contribution in [3.8, 4) is 5.75 Å². The average Bonchev–Trinajstić information content (AvgIpc) is 2.50. The first-order valence-electron chi connectivity index (χ1n) is 7.81. The van der Waals surface area contributed by atoms with Gasteiger partial charge >= 0.3 is 10.2 Å². The molecular formula is C15H24N6O3S. The molecule has 0 aliphatic carbocycles. The topological polar surface area (TPSA) is 113 Å². The van der Waals surface area contributed by atoms with Gasteiger partial charge in [-0.05, 0) is 38.2 Å². The summed E-state index contributed by atoms with van der Waals surface area (Å²) in [6.45, 7) is 1.83. The Morgan fingerprint density at radius 1 is 1.32 bits per heavy atom. The zero-order valence-electron chi connectivity index (χ0n) is 14.6. The highest BCUT2D eigenvalue weighted by Crippen LogP contribution is 2.14. The lowest BCUT2D eigenvalue weighted by atomic mass is 10.2. The Labute approximate surface area is 148 Å². The maximum absolute atomic E-state index is 11.4. The molecule has 10 heteroatoms. The fraction of sp³-hybridized carbons (Fsp3) is 0.467. The molecule has 1 aromatic carbocycles. The number of nitrogens with two attached hydrogens (primary N) is 1. The molecule has 0 unspecified atom stereocenters. The highest BCUT2D eigenvalue weighted by Gasteiger charge is 2.22. The summed E-state index contributed by atoms with van der Waals surface area (Å²) < 4.78 is 35.5. The molecule has 9 nitrogen and oxygen atoms in total. The van der Waals surface area contributed by atoms with Crippen LogP contribution in [-0.4, -0.2) is 64.4 Å². The zero-order valence-corrected chi connectivity index (χ0v) is 15.5. The second-order valence-corrected chi connectivity index (χ2v) is 7.15. The Bertz CT molecular complexity index is 760. The predicted molar refractivity (Wildman–Crippen MR) is 97.7 cm³/mol. The first-order chi connectivity index (χ1) is 11.8. The molecule has 0 radical (unpaired) electrons. The molecule has 0 saturated carbocycles. The number of rotatable bonds is 7. The van der Waals surface area contributed by atoms with Gasteiger partial charge in [-0.25, -0.2) is 0 Å². The number of guanidine groups is 2. The van der Waals surface area contributed by atoms with Crippen LogP contribution in [0, 0.1) is 0 Å². The van der Waals surface area contributed by atoms with Gasteiger partial charge in [-0.1, -0.05) is 12.1 Å². The molecule has 1 aromatic rings. The van der Waals surface area contributed by atoms with Crippen LogP contribution in [0.25, 0.3) is 0 Å². The highest BCUT2D eigenvalue weighted by atomic mass is 32.2. The van der Waals surface area contributed by atoms with Crippen LogP contribution < -0.4 is 15.8 Å². The smallest absolute Gasteiger partial charge is 0.369 e. The normalized spacial score (nSPS) is 16.4. The number of hydrogen-bond donors (Lipinski definition) is 2. The van der Waals surface area contributed by atoms with E-state index in [0.717, 1.165) is 12.3 Å². The fourth-order valence-electron chi connectivity index (χ4n) is 2.19. The summed E-state index contributed by atoms with van der Waals surface area (Å²) in [7, 11) is 1.72. The molecule has 0 fully saturated rings. The van der Waals surface area contributed by atoms with E-state index < -0.39 is 10.2 Å². The van der Waals surface area contributed by atoms with Crippen molar-refractivity contribution in [2.24, 2.45) is 14.5 Å². The SMILES string of the molecule is CN(C)Cc1cccc(OCCCNC2=NS(=O)(=O)N=C(N)N2C)c1. The van der Waals surface area contributed by atoms with E-state index >= 15 is 0 Å². The van der Waals surface area contributed by atoms with Gasteiger partial charge in [0.05, 0.1) is 6.61 Å². The van der Waals surface area contributed by atoms with Gasteiger partial charge in [0, 0.05) is 20.1 Å². The molecule has 0 saturated heterocycles. The van der Waals surface area contributed by atoms with Crippen LogP contribution in [0.15, 0.2) is 33.1 Å². The molecule has 1 heterocycles. The zero-order chi connectivity index (χ0) is 18.4. The quantitative estimate of drug-likeness (QED) is 0.650. The molecule has 0 atom stereocenters. The van der Waals surface area contributed by atoms with Crippen LogP contribution in [0.3, 0.4) is 0 Å². The van der Waals surface area contributed by atoms with Crippen molar-refractivity contribution in [1.82, 2.24) is 15.1 Å². The van der Waals surface area contributed by atoms with E-state index in [4.69, 9.17) is 10.5 Å². The molecule has 0 aromatic heterocycles. The Kier molecular flexibility index (Phi) is 6.21. The molecule has 138 valence electrons. The van der Waals surface area contributed by atoms with Crippen LogP contribution in [0.1, 0.15) is 12.0 Å². The van der Waals surface area contributed by atoms with Gasteiger partial charge in [0.1, 0.15) is 5.75 Å². The molecule has 0 bridgehead atoms. The van der Waals surface area contributed by atoms with Gasteiger partial charge in [0.2, 0.25) is 11.9 Å². The standard InChI is InChI=1S/C15H24N6O3S/c1-20(2)11-12-6-4-7-13(10-12)24-9-5-8-17-15-19-25(22,23)18-14(16)21(15)3/h4,6-7,10H,5,8-9,11H2,1-3H3,(H2,16,18)(H,17,19). The first-order valence-corrected chi connectivity index (χ1v) is 9.21. The lowest BCUT2D eigenvalue weighted by Gasteiger charge is -2.23. The number of nitrogens with zero attached hydrogens (tertiary/aromatic N) is 4. The summed E-state index contributed by atoms with van der Waals surface area (Å²) >= 11 is 0. The van der Waals surface area contributed by atoms with Crippen molar-refractivity contribution in [2.75, 3.05) is 34.3 Å². The second kappa shape index (κ2) is 8.17. The largest absolute Gasteiger partial charge is 0.494 e. The molecule has 0 amide bonds. The number of benzene rings is 1. The van der Waals surface area contributed by atoms with E-state index in [1.165, 1.54) is 10.5 Å². The van der Waals surface area contributed by atoms with Gasteiger partial charge in [-0.2, -0.15) is 8.42 Å². The molecule has 2 rings (SSSR count). The van der Waals surface area contributed by atoms with Gasteiger partial charge < -0.3 is 20.7 Å². The van der Waals surface area contributed by atoms with E-state index in [0.29, 0.717) is 19.6 Å². The van der Waals surface area contributed by atoms with E-state index in [9.17, 15) is 8.42 Å². The van der Waals surface area contributed by atoms with E-state index in [-0.39, 0.29) is 11.9 Å². The third-order valence-corrected chi connectivity index (χ3v) is 4.16. The first kappa shape index (κ1) is 19.0. The van der Waals surface area contributed by atoms with Crippen molar-refractivity contribution in [3.63, 3.8) is 0 Å². The van der Waals surface area contributed by atoms with Crippen molar-refractivity contribution in [1.29, 1.82) is 0 Å². The number of nitrogens with one attached hydrogen (secondary N) is 1. The van der Waals surface area contributed by atoms with E-state index in [1.807, 2.05) is 32.3 Å². The molecule has 1 aliphatic heterocycles. The molecule has 3 N–H and O–H groups in total. The van der Waals surface area contributed by atoms with Gasteiger partial charge in [-0.3, -0.25) is 4.90 Å². The van der Waals surface area contributed by atoms with Crippen LogP contribution >= 0.6 is 0 Å². The van der Waals surface area contributed by atoms with Gasteiger partial charge in [0.15, 0.2) is 0 Å². The van der Waals surface area contributed by atoms with E-state index in [1.54, 1.807) is 7.05 Å². The second-order valence-electron chi connectivity index (χ2n) is 5.89. The van der Waals surface area contributed by atoms with Crippen molar-refractivity contribution in [2.45, 2.75) is 13.0 Å². The summed E-state index contributed by atoms with van der Waals surface area (Å²) in [6, 6.07) is 7.94. The van der Waals surface area contributed by atoms with E-state index in [2.05, 4.69) is 25.1 Å². The molecule has 25 heavy (non-hydrogen) atoms. The molecular weight excluding hydrogens is 344 g/mol. The summed E-state index contributed by atoms with van der Waals surface area (Å²) in [5, 5.41) is 2.93. The maximum Gasteiger partial charge on any atom is 0.369 e. The van der Waals surface area contributed by atoms with Crippen LogP contribution in [0.2, 0.25) is 0 Å². The lowest BCUT2D eigenvalue weighted by Crippen LogP contribution is -2.49. The summed E-state index contributed by atoms with van der Waals surface area (Å²) in [5.74, 6) is 0.845. The van der Waals surface area contributed by atoms with Gasteiger partial charge in [0.25, 0.3) is 0 Å². The third kappa shape index (κ3) is 5.91. The Hall–Kier alpha value is -2.33. The van der Waals surface area contributed by atoms with Crippen LogP contribution in [0.4, 0.5) is 0 Å². The Morgan fingerprint density at radius 3 is 2.80 bits per heavy atom. The minimum absolute atomic E-state index is 0.119. The van der Waals surface area contributed by atoms with Crippen LogP contribution in [0.5, 0.6) is 5.75 Å². The Balaban J connectivity index is 1.78. The minimum Gasteiger partial charge on any atom is -0.494 e. The van der Waals surface area contributed by atoms with Crippen molar-refractivity contribution < 1.29 is 13.2 Å². The third-order valence-electron chi connectivity index (χ3n) is 3.34. The maximum atomic E-state index is 11.4. The molecule has 0 spiro atoms. The average molecular weight is 368 g/mol. The number of hydrogen-bond acceptors (Lipinski definition) is 7. The lowest BCUT2D eigenvalue weighted by molar-refractivity contribution is 0.310. The van der Waals surface area contributed by atoms with Crippen molar-refractivity contribution in [3.05, 3.63) is 29.8 Å².